The minimum atomic E-state index is -4.97. The van der Waals surface area contributed by atoms with Gasteiger partial charge in [-0.05, 0) is 63.2 Å². The van der Waals surface area contributed by atoms with Gasteiger partial charge >= 0.3 is 39.5 Å². The van der Waals surface area contributed by atoms with E-state index in [0.29, 0.717) is 31.6 Å². The van der Waals surface area contributed by atoms with Gasteiger partial charge in [-0.15, -0.1) is 0 Å². The zero-order valence-electron chi connectivity index (χ0n) is 67.1. The molecule has 103 heavy (non-hydrogen) atoms. The molecule has 0 aromatic rings. The van der Waals surface area contributed by atoms with Crippen molar-refractivity contribution in [3.8, 4) is 0 Å². The summed E-state index contributed by atoms with van der Waals surface area (Å²) in [6.45, 7) is 9.58. The second kappa shape index (κ2) is 75.0. The third-order valence-electron chi connectivity index (χ3n) is 19.4. The fourth-order valence-electron chi connectivity index (χ4n) is 12.5. The molecule has 608 valence electrons. The van der Waals surface area contributed by atoms with Gasteiger partial charge < -0.3 is 33.8 Å². The number of esters is 4. The zero-order chi connectivity index (χ0) is 75.6. The van der Waals surface area contributed by atoms with Crippen molar-refractivity contribution < 1.29 is 80.2 Å². The van der Waals surface area contributed by atoms with Crippen LogP contribution in [0.4, 0.5) is 0 Å². The van der Waals surface area contributed by atoms with Crippen LogP contribution in [0.3, 0.4) is 0 Å². The van der Waals surface area contributed by atoms with Crippen LogP contribution in [0.5, 0.6) is 0 Å². The number of unbranched alkanes of at least 4 members (excludes halogenated alkanes) is 47. The minimum absolute atomic E-state index is 0.0845. The molecule has 0 spiro atoms. The van der Waals surface area contributed by atoms with Crippen LogP contribution in [0.1, 0.15) is 420 Å². The Kier molecular flexibility index (Phi) is 73.2. The molecule has 0 aliphatic heterocycles. The second-order valence-electron chi connectivity index (χ2n) is 30.3. The number of phosphoric ester groups is 2. The first kappa shape index (κ1) is 101. The van der Waals surface area contributed by atoms with Gasteiger partial charge in [0.2, 0.25) is 0 Å². The van der Waals surface area contributed by atoms with Crippen LogP contribution in [0.25, 0.3) is 0 Å². The molecule has 3 unspecified atom stereocenters. The summed E-state index contributed by atoms with van der Waals surface area (Å²) in [5.74, 6) is -0.587. The van der Waals surface area contributed by atoms with E-state index in [-0.39, 0.29) is 25.7 Å². The van der Waals surface area contributed by atoms with Crippen molar-refractivity contribution in [1.82, 2.24) is 0 Å². The number of allylic oxidation sites excluding steroid dienone is 4. The minimum Gasteiger partial charge on any atom is -0.462 e. The van der Waals surface area contributed by atoms with E-state index in [4.69, 9.17) is 37.0 Å². The number of aliphatic hydroxyl groups excluding tert-OH is 1. The van der Waals surface area contributed by atoms with E-state index in [1.807, 2.05) is 0 Å². The number of rotatable bonds is 81. The van der Waals surface area contributed by atoms with Crippen molar-refractivity contribution in [2.24, 2.45) is 11.8 Å². The zero-order valence-corrected chi connectivity index (χ0v) is 68.9. The van der Waals surface area contributed by atoms with Gasteiger partial charge in [0.25, 0.3) is 0 Å². The molecule has 0 aromatic carbocycles. The van der Waals surface area contributed by atoms with E-state index in [0.717, 1.165) is 115 Å². The second-order valence-corrected chi connectivity index (χ2v) is 33.2. The lowest BCUT2D eigenvalue weighted by Gasteiger charge is -2.21. The smallest absolute Gasteiger partial charge is 0.462 e. The summed E-state index contributed by atoms with van der Waals surface area (Å²) >= 11 is 0. The summed E-state index contributed by atoms with van der Waals surface area (Å²) in [4.78, 5) is 73.1. The monoisotopic (exact) mass is 1500 g/mol. The molecule has 0 bridgehead atoms. The van der Waals surface area contributed by atoms with Gasteiger partial charge in [-0.2, -0.15) is 0 Å². The Morgan fingerprint density at radius 1 is 0.320 bits per heavy atom. The summed E-state index contributed by atoms with van der Waals surface area (Å²) in [7, 11) is -9.94. The topological polar surface area (TPSA) is 237 Å². The molecule has 19 heteroatoms. The Labute approximate surface area is 631 Å². The summed E-state index contributed by atoms with van der Waals surface area (Å²) in [6, 6.07) is 0. The van der Waals surface area contributed by atoms with Crippen molar-refractivity contribution >= 4 is 39.5 Å². The Balaban J connectivity index is 5.26. The van der Waals surface area contributed by atoms with Gasteiger partial charge in [0.1, 0.15) is 19.3 Å². The number of hydrogen-bond acceptors (Lipinski definition) is 15. The summed E-state index contributed by atoms with van der Waals surface area (Å²) < 4.78 is 68.7. The normalized spacial score (nSPS) is 14.3. The third kappa shape index (κ3) is 76.1. The first-order valence-electron chi connectivity index (χ1n) is 42.8. The quantitative estimate of drug-likeness (QED) is 0.0169. The summed E-state index contributed by atoms with van der Waals surface area (Å²) in [6.07, 6.45) is 68.9. The standard InChI is InChI=1S/C84H160O17P2/c1-7-10-12-14-16-18-20-22-24-25-26-27-28-30-36-40-44-50-57-63-69-83(88)100-79(72-94-81(86)66-60-54-48-42-38-34-32-31-33-37-41-47-53-59-65-77(6)9-3)74-98-102(90,91)96-70-78(85)71-97-103(92,93)99-75-80(73-95-82(87)67-61-55-51-45-46-52-58-64-76(4)5)101-84(89)68-62-56-49-43-39-35-29-23-21-19-17-15-13-11-8-2/h19,21,23,29,76-80,85H,7-18,20,22,24-28,30-75H2,1-6H3,(H,90,91)(H,92,93)/b21-19-,29-23-/t77?,78-,79-,80-/m1/s1. The molecule has 0 rings (SSSR count). The maximum absolute atomic E-state index is 13.1. The highest BCUT2D eigenvalue weighted by atomic mass is 31.2. The van der Waals surface area contributed by atoms with Crippen molar-refractivity contribution in [2.45, 2.75) is 439 Å². The van der Waals surface area contributed by atoms with E-state index in [9.17, 15) is 43.2 Å². The fourth-order valence-corrected chi connectivity index (χ4v) is 14.1. The Morgan fingerprint density at radius 3 is 0.874 bits per heavy atom. The predicted molar refractivity (Wildman–Crippen MR) is 423 cm³/mol. The maximum atomic E-state index is 13.1. The number of aliphatic hydroxyl groups is 1. The predicted octanol–water partition coefficient (Wildman–Crippen LogP) is 25.0. The fraction of sp³-hybridized carbons (Fsp3) is 0.905. The van der Waals surface area contributed by atoms with Gasteiger partial charge in [0.05, 0.1) is 26.4 Å². The molecule has 6 atom stereocenters. The molecule has 0 fully saturated rings. The molecule has 0 saturated carbocycles. The first-order valence-corrected chi connectivity index (χ1v) is 45.8. The molecular weight excluding hydrogens is 1340 g/mol. The van der Waals surface area contributed by atoms with Gasteiger partial charge in [-0.1, -0.05) is 368 Å². The molecule has 0 aromatic heterocycles. The Morgan fingerprint density at radius 2 is 0.573 bits per heavy atom. The van der Waals surface area contributed by atoms with E-state index in [2.05, 4.69) is 65.8 Å². The SMILES string of the molecule is CCCCCC/C=C\C=C/CCCCCCCC(=O)O[C@H](COC(=O)CCCCCCCCCC(C)C)COP(=O)(O)OC[C@H](O)COP(=O)(O)OC[C@@H](COC(=O)CCCCCCCCCCCCCCCCC(C)CC)OC(=O)CCCCCCCCCCCCCCCCCCCCCC. The van der Waals surface area contributed by atoms with E-state index >= 15 is 0 Å². The van der Waals surface area contributed by atoms with Crippen LogP contribution >= 0.6 is 15.6 Å². The molecular formula is C84H160O17P2. The van der Waals surface area contributed by atoms with Crippen molar-refractivity contribution in [3.63, 3.8) is 0 Å². The van der Waals surface area contributed by atoms with Crippen LogP contribution in [-0.2, 0) is 65.4 Å². The lowest BCUT2D eigenvalue weighted by molar-refractivity contribution is -0.161. The van der Waals surface area contributed by atoms with Crippen LogP contribution in [0.2, 0.25) is 0 Å². The molecule has 0 heterocycles. The van der Waals surface area contributed by atoms with Crippen molar-refractivity contribution in [1.29, 1.82) is 0 Å². The van der Waals surface area contributed by atoms with E-state index in [1.165, 1.54) is 218 Å². The first-order chi connectivity index (χ1) is 49.9. The molecule has 17 nitrogen and oxygen atoms in total. The van der Waals surface area contributed by atoms with E-state index in [1.54, 1.807) is 0 Å². The molecule has 3 N–H and O–H groups in total. The lowest BCUT2D eigenvalue weighted by Crippen LogP contribution is -2.30. The summed E-state index contributed by atoms with van der Waals surface area (Å²) in [5, 5.41) is 10.7. The molecule has 0 saturated heterocycles. The molecule has 0 aliphatic carbocycles. The number of phosphoric acid groups is 2. The highest BCUT2D eigenvalue weighted by molar-refractivity contribution is 7.47. The number of carbonyl (C=O) groups excluding carboxylic acids is 4. The van der Waals surface area contributed by atoms with Crippen LogP contribution in [0, 0.1) is 11.8 Å². The molecule has 0 aliphatic rings. The largest absolute Gasteiger partial charge is 0.472 e. The van der Waals surface area contributed by atoms with Crippen LogP contribution < -0.4 is 0 Å². The Bertz CT molecular complexity index is 2070. The highest BCUT2D eigenvalue weighted by Gasteiger charge is 2.30. The maximum Gasteiger partial charge on any atom is 0.472 e. The average molecular weight is 1500 g/mol. The van der Waals surface area contributed by atoms with Gasteiger partial charge in [-0.3, -0.25) is 37.3 Å². The lowest BCUT2D eigenvalue weighted by atomic mass is 9.99. The molecule has 0 amide bonds. The van der Waals surface area contributed by atoms with Crippen molar-refractivity contribution in [3.05, 3.63) is 24.3 Å². The third-order valence-corrected chi connectivity index (χ3v) is 21.3. The number of ether oxygens (including phenoxy) is 4. The number of carbonyl (C=O) groups is 4. The summed E-state index contributed by atoms with van der Waals surface area (Å²) in [5.41, 5.74) is 0. The van der Waals surface area contributed by atoms with Gasteiger partial charge in [0.15, 0.2) is 12.2 Å². The van der Waals surface area contributed by atoms with Gasteiger partial charge in [0, 0.05) is 25.7 Å². The van der Waals surface area contributed by atoms with Crippen LogP contribution in [0.15, 0.2) is 24.3 Å². The van der Waals surface area contributed by atoms with E-state index < -0.39 is 97.5 Å². The average Bonchev–Trinajstić information content (AvgIpc) is 1.12. The van der Waals surface area contributed by atoms with Crippen LogP contribution in [-0.4, -0.2) is 96.7 Å². The highest BCUT2D eigenvalue weighted by Crippen LogP contribution is 2.45. The van der Waals surface area contributed by atoms with Crippen molar-refractivity contribution in [2.75, 3.05) is 39.6 Å². The molecule has 0 radical (unpaired) electrons. The Hall–Kier alpha value is -2.46. The number of hydrogen-bond donors (Lipinski definition) is 3. The van der Waals surface area contributed by atoms with Gasteiger partial charge in [-0.25, -0.2) is 9.13 Å².